The lowest BCUT2D eigenvalue weighted by Gasteiger charge is -2.16. The Labute approximate surface area is 136 Å². The monoisotopic (exact) mass is 323 g/mol. The maximum atomic E-state index is 12.7. The Hall–Kier alpha value is -2.72. The first-order valence-corrected chi connectivity index (χ1v) is 8.19. The molecule has 1 aromatic carbocycles. The topological polar surface area (TPSA) is 74.8 Å². The van der Waals surface area contributed by atoms with Crippen LogP contribution in [0.5, 0.6) is 0 Å². The molecule has 6 nitrogen and oxygen atoms in total. The molecule has 1 saturated heterocycles. The summed E-state index contributed by atoms with van der Waals surface area (Å²) in [7, 11) is 0. The highest BCUT2D eigenvalue weighted by atomic mass is 32.1. The molecule has 4 rings (SSSR count). The van der Waals surface area contributed by atoms with Gasteiger partial charge in [-0.1, -0.05) is 0 Å². The van der Waals surface area contributed by atoms with E-state index < -0.39 is 0 Å². The summed E-state index contributed by atoms with van der Waals surface area (Å²) in [6, 6.07) is 7.84. The Morgan fingerprint density at radius 1 is 1.43 bits per heavy atom. The lowest BCUT2D eigenvalue weighted by atomic mass is 10.2. The zero-order chi connectivity index (χ0) is 15.8. The Bertz CT molecular complexity index is 922. The molecular weight excluding hydrogens is 310 g/mol. The van der Waals surface area contributed by atoms with Crippen LogP contribution in [0.25, 0.3) is 10.2 Å². The van der Waals surface area contributed by atoms with Gasteiger partial charge in [-0.25, -0.2) is 4.98 Å². The van der Waals surface area contributed by atoms with Crippen molar-refractivity contribution in [3.63, 3.8) is 0 Å². The smallest absolute Gasteiger partial charge is 0.253 e. The average Bonchev–Trinajstić information content (AvgIpc) is 3.31. The van der Waals surface area contributed by atoms with Crippen molar-refractivity contribution in [1.29, 1.82) is 5.26 Å². The van der Waals surface area contributed by atoms with Gasteiger partial charge in [0.15, 0.2) is 0 Å². The molecule has 0 bridgehead atoms. The molecule has 1 aliphatic heterocycles. The van der Waals surface area contributed by atoms with Gasteiger partial charge in [0.1, 0.15) is 6.07 Å². The predicted molar refractivity (Wildman–Crippen MR) is 86.1 cm³/mol. The number of rotatable bonds is 2. The molecule has 0 spiro atoms. The van der Waals surface area contributed by atoms with Gasteiger partial charge in [0, 0.05) is 24.8 Å². The van der Waals surface area contributed by atoms with E-state index in [4.69, 9.17) is 5.26 Å². The molecule has 1 atom stereocenters. The number of carbonyl (C=O) groups excluding carboxylic acids is 1. The molecule has 2 aromatic heterocycles. The Morgan fingerprint density at radius 2 is 2.35 bits per heavy atom. The minimum atomic E-state index is 0.0375. The quantitative estimate of drug-likeness (QED) is 0.726. The summed E-state index contributed by atoms with van der Waals surface area (Å²) in [5, 5.41) is 13.1. The third kappa shape index (κ3) is 2.47. The van der Waals surface area contributed by atoms with E-state index in [1.807, 2.05) is 23.1 Å². The van der Waals surface area contributed by atoms with Crippen molar-refractivity contribution >= 4 is 27.5 Å². The second kappa shape index (κ2) is 5.48. The van der Waals surface area contributed by atoms with Gasteiger partial charge in [-0.05, 0) is 24.6 Å². The molecule has 0 N–H and O–H groups in total. The number of aromatic nitrogens is 3. The minimum Gasteiger partial charge on any atom is -0.336 e. The Balaban J connectivity index is 1.52. The highest BCUT2D eigenvalue weighted by molar-refractivity contribution is 7.16. The molecule has 0 aliphatic carbocycles. The summed E-state index contributed by atoms with van der Waals surface area (Å²) in [6.45, 7) is 1.32. The van der Waals surface area contributed by atoms with Gasteiger partial charge in [0.25, 0.3) is 5.91 Å². The number of hydrogen-bond acceptors (Lipinski definition) is 5. The molecule has 23 heavy (non-hydrogen) atoms. The molecule has 1 fully saturated rings. The normalized spacial score (nSPS) is 17.5. The van der Waals surface area contributed by atoms with E-state index in [1.54, 1.807) is 22.6 Å². The molecule has 1 amide bonds. The molecule has 1 aliphatic rings. The van der Waals surface area contributed by atoms with Crippen LogP contribution >= 0.6 is 11.3 Å². The van der Waals surface area contributed by atoms with E-state index in [-0.39, 0.29) is 11.9 Å². The predicted octanol–water partition coefficient (Wildman–Crippen LogP) is 2.45. The van der Waals surface area contributed by atoms with Crippen LogP contribution in [0.2, 0.25) is 0 Å². The number of thiazole rings is 1. The maximum absolute atomic E-state index is 12.7. The Morgan fingerprint density at radius 3 is 3.17 bits per heavy atom. The number of benzene rings is 1. The fourth-order valence-electron chi connectivity index (χ4n) is 2.91. The van der Waals surface area contributed by atoms with Crippen LogP contribution < -0.4 is 0 Å². The summed E-state index contributed by atoms with van der Waals surface area (Å²) >= 11 is 1.54. The van der Waals surface area contributed by atoms with E-state index in [0.29, 0.717) is 24.2 Å². The van der Waals surface area contributed by atoms with Crippen molar-refractivity contribution < 1.29 is 4.79 Å². The maximum Gasteiger partial charge on any atom is 0.253 e. The molecule has 3 heterocycles. The SMILES string of the molecule is N#Cc1cnn(C2CCN(C(=O)c3ccc4ncsc4c3)C2)c1. The van der Waals surface area contributed by atoms with Crippen LogP contribution in [-0.4, -0.2) is 38.7 Å². The van der Waals surface area contributed by atoms with Gasteiger partial charge in [0.05, 0.1) is 33.5 Å². The Kier molecular flexibility index (Phi) is 3.32. The van der Waals surface area contributed by atoms with Gasteiger partial charge >= 0.3 is 0 Å². The van der Waals surface area contributed by atoms with Crippen LogP contribution in [0.3, 0.4) is 0 Å². The summed E-state index contributed by atoms with van der Waals surface area (Å²) < 4.78 is 2.82. The number of carbonyl (C=O) groups is 1. The third-order valence-electron chi connectivity index (χ3n) is 4.13. The summed E-state index contributed by atoms with van der Waals surface area (Å²) in [4.78, 5) is 18.8. The number of nitriles is 1. The summed E-state index contributed by atoms with van der Waals surface area (Å²) in [6.07, 6.45) is 4.14. The van der Waals surface area contributed by atoms with Crippen LogP contribution in [0.1, 0.15) is 28.4 Å². The van der Waals surface area contributed by atoms with Crippen LogP contribution in [0.15, 0.2) is 36.1 Å². The lowest BCUT2D eigenvalue weighted by molar-refractivity contribution is 0.0787. The molecule has 7 heteroatoms. The molecule has 1 unspecified atom stereocenters. The number of likely N-dealkylation sites (tertiary alicyclic amines) is 1. The van der Waals surface area contributed by atoms with Crippen molar-refractivity contribution in [2.24, 2.45) is 0 Å². The first kappa shape index (κ1) is 13.9. The summed E-state index contributed by atoms with van der Waals surface area (Å²) in [5.74, 6) is 0.0375. The number of nitrogens with zero attached hydrogens (tertiary/aromatic N) is 5. The van der Waals surface area contributed by atoms with E-state index in [9.17, 15) is 4.79 Å². The van der Waals surface area contributed by atoms with Gasteiger partial charge in [0.2, 0.25) is 0 Å². The van der Waals surface area contributed by atoms with Gasteiger partial charge < -0.3 is 4.90 Å². The van der Waals surface area contributed by atoms with Crippen molar-refractivity contribution in [2.75, 3.05) is 13.1 Å². The van der Waals surface area contributed by atoms with E-state index in [1.165, 1.54) is 11.3 Å². The zero-order valence-corrected chi connectivity index (χ0v) is 13.0. The van der Waals surface area contributed by atoms with Gasteiger partial charge in [-0.3, -0.25) is 9.48 Å². The second-order valence-electron chi connectivity index (χ2n) is 5.55. The van der Waals surface area contributed by atoms with Crippen molar-refractivity contribution in [1.82, 2.24) is 19.7 Å². The molecule has 0 saturated carbocycles. The van der Waals surface area contributed by atoms with Crippen molar-refractivity contribution in [2.45, 2.75) is 12.5 Å². The number of hydrogen-bond donors (Lipinski definition) is 0. The van der Waals surface area contributed by atoms with E-state index in [2.05, 4.69) is 16.2 Å². The third-order valence-corrected chi connectivity index (χ3v) is 4.93. The standard InChI is InChI=1S/C16H13N5OS/c17-6-11-7-19-21(8-11)13-3-4-20(9-13)16(22)12-1-2-14-15(5-12)23-10-18-14/h1-2,5,7-8,10,13H,3-4,9H2. The zero-order valence-electron chi connectivity index (χ0n) is 12.2. The summed E-state index contributed by atoms with van der Waals surface area (Å²) in [5.41, 5.74) is 3.95. The van der Waals surface area contributed by atoms with Crippen LogP contribution in [0.4, 0.5) is 0 Å². The fraction of sp³-hybridized carbons (Fsp3) is 0.250. The second-order valence-corrected chi connectivity index (χ2v) is 6.44. The lowest BCUT2D eigenvalue weighted by Crippen LogP contribution is -2.29. The minimum absolute atomic E-state index is 0.0375. The fourth-order valence-corrected chi connectivity index (χ4v) is 3.62. The first-order valence-electron chi connectivity index (χ1n) is 7.31. The van der Waals surface area contributed by atoms with Gasteiger partial charge in [-0.15, -0.1) is 11.3 Å². The molecule has 0 radical (unpaired) electrons. The van der Waals surface area contributed by atoms with E-state index in [0.717, 1.165) is 16.6 Å². The molecular formula is C16H13N5OS. The van der Waals surface area contributed by atoms with Gasteiger partial charge in [-0.2, -0.15) is 10.4 Å². The largest absolute Gasteiger partial charge is 0.336 e. The molecule has 3 aromatic rings. The van der Waals surface area contributed by atoms with Crippen molar-refractivity contribution in [3.05, 3.63) is 47.2 Å². The van der Waals surface area contributed by atoms with E-state index >= 15 is 0 Å². The van der Waals surface area contributed by atoms with Crippen LogP contribution in [-0.2, 0) is 0 Å². The highest BCUT2D eigenvalue weighted by Crippen LogP contribution is 2.25. The number of amides is 1. The number of fused-ring (bicyclic) bond motifs is 1. The van der Waals surface area contributed by atoms with Crippen molar-refractivity contribution in [3.8, 4) is 6.07 Å². The molecule has 114 valence electrons. The average molecular weight is 323 g/mol. The highest BCUT2D eigenvalue weighted by Gasteiger charge is 2.28. The van der Waals surface area contributed by atoms with Crippen LogP contribution in [0, 0.1) is 11.3 Å². The first-order chi connectivity index (χ1) is 11.2.